The molecule has 44 heavy (non-hydrogen) atoms. The highest BCUT2D eigenvalue weighted by Gasteiger charge is 2.71. The maximum absolute atomic E-state index is 13.0. The van der Waals surface area contributed by atoms with E-state index in [2.05, 4.69) is 48.1 Å². The fourth-order valence-electron chi connectivity index (χ4n) is 12.6. The lowest BCUT2D eigenvalue weighted by molar-refractivity contribution is -0.247. The Kier molecular flexibility index (Phi) is 7.49. The van der Waals surface area contributed by atoms with Gasteiger partial charge >= 0.3 is 5.97 Å². The van der Waals surface area contributed by atoms with Crippen LogP contribution in [0.4, 0.5) is 0 Å². The van der Waals surface area contributed by atoms with Gasteiger partial charge in [0, 0.05) is 16.9 Å². The molecule has 2 N–H and O–H groups in total. The Morgan fingerprint density at radius 3 is 2.32 bits per heavy atom. The third-order valence-corrected chi connectivity index (χ3v) is 15.0. The van der Waals surface area contributed by atoms with E-state index in [4.69, 9.17) is 4.74 Å². The average molecular weight is 603 g/mol. The molecule has 6 rings (SSSR count). The summed E-state index contributed by atoms with van der Waals surface area (Å²) >= 11 is 0. The van der Waals surface area contributed by atoms with Gasteiger partial charge in [0.25, 0.3) is 0 Å². The van der Waals surface area contributed by atoms with Crippen LogP contribution in [0.25, 0.3) is 6.08 Å². The molecule has 5 fully saturated rings. The van der Waals surface area contributed by atoms with Gasteiger partial charge in [-0.25, -0.2) is 4.79 Å². The summed E-state index contributed by atoms with van der Waals surface area (Å²) in [6.07, 6.45) is 15.3. The first-order valence-corrected chi connectivity index (χ1v) is 17.2. The van der Waals surface area contributed by atoms with Crippen molar-refractivity contribution in [2.45, 2.75) is 112 Å². The molecule has 0 radical (unpaired) electrons. The van der Waals surface area contributed by atoms with Crippen molar-refractivity contribution in [3.63, 3.8) is 0 Å². The molecular weight excluding hydrogens is 548 g/mol. The molecule has 0 saturated heterocycles. The van der Waals surface area contributed by atoms with Crippen LogP contribution in [0.2, 0.25) is 0 Å². The number of rotatable bonds is 5. The van der Waals surface area contributed by atoms with E-state index < -0.39 is 0 Å². The number of ether oxygens (including phenoxy) is 1. The minimum atomic E-state index is -0.364. The zero-order valence-electron chi connectivity index (χ0n) is 27.8. The molecule has 1 aromatic rings. The lowest BCUT2D eigenvalue weighted by Crippen LogP contribution is -2.66. The van der Waals surface area contributed by atoms with Crippen LogP contribution in [0.3, 0.4) is 0 Å². The summed E-state index contributed by atoms with van der Waals surface area (Å²) in [5.41, 5.74) is 2.20. The Morgan fingerprint density at radius 2 is 1.64 bits per heavy atom. The molecule has 0 aromatic heterocycles. The molecule has 240 valence electrons. The summed E-state index contributed by atoms with van der Waals surface area (Å²) < 4.78 is 6.17. The summed E-state index contributed by atoms with van der Waals surface area (Å²) in [7, 11) is 0. The summed E-state index contributed by atoms with van der Waals surface area (Å²) in [5, 5.41) is 19.4. The number of aldehydes is 1. The normalized spacial score (nSPS) is 44.1. The van der Waals surface area contributed by atoms with Crippen LogP contribution >= 0.6 is 0 Å². The second-order valence-electron chi connectivity index (χ2n) is 16.9. The van der Waals surface area contributed by atoms with Gasteiger partial charge in [-0.15, -0.1) is 0 Å². The van der Waals surface area contributed by atoms with Gasteiger partial charge in [-0.3, -0.25) is 0 Å². The van der Waals surface area contributed by atoms with Gasteiger partial charge < -0.3 is 19.7 Å². The number of esters is 1. The van der Waals surface area contributed by atoms with E-state index in [0.29, 0.717) is 35.2 Å². The third kappa shape index (κ3) is 4.37. The van der Waals surface area contributed by atoms with E-state index in [1.807, 2.05) is 0 Å². The van der Waals surface area contributed by atoms with Gasteiger partial charge in [-0.1, -0.05) is 52.8 Å². The number of phenolic OH excluding ortho intramolecular Hbond substituents is 2. The predicted octanol–water partition coefficient (Wildman–Crippen LogP) is 8.88. The lowest BCUT2D eigenvalue weighted by Gasteiger charge is -2.72. The number of benzene rings is 1. The molecule has 0 bridgehead atoms. The van der Waals surface area contributed by atoms with Crippen LogP contribution in [0.15, 0.2) is 36.4 Å². The van der Waals surface area contributed by atoms with Crippen molar-refractivity contribution in [2.75, 3.05) is 0 Å². The highest BCUT2D eigenvalue weighted by Crippen LogP contribution is 2.77. The molecule has 5 saturated carbocycles. The Labute approximate surface area is 264 Å². The summed E-state index contributed by atoms with van der Waals surface area (Å²) in [6, 6.07) is 4.49. The van der Waals surface area contributed by atoms with E-state index in [0.717, 1.165) is 44.9 Å². The topological polar surface area (TPSA) is 83.8 Å². The maximum Gasteiger partial charge on any atom is 0.331 e. The zero-order chi connectivity index (χ0) is 31.9. The molecule has 5 nitrogen and oxygen atoms in total. The standard InChI is InChI=1S/C39H54O5/c1-24(2)26-14-19-39(23-40)21-20-37(6)27(34(26)39)10-12-31-36(5)17-16-32(35(3,4)30(36)15-18-38(31,37)7)44-33(43)13-9-25-8-11-28(41)29(42)22-25/h8-9,11,13,22-23,26-27,30-32,34,41-42H,1,10,12,14-21H2,2-7H3. The average Bonchev–Trinajstić information content (AvgIpc) is 3.36. The van der Waals surface area contributed by atoms with Crippen molar-refractivity contribution >= 4 is 18.3 Å². The largest absolute Gasteiger partial charge is 0.504 e. The van der Waals surface area contributed by atoms with Crippen LogP contribution in [0.1, 0.15) is 111 Å². The van der Waals surface area contributed by atoms with Gasteiger partial charge in [0.1, 0.15) is 12.4 Å². The maximum atomic E-state index is 13.0. The van der Waals surface area contributed by atoms with Crippen molar-refractivity contribution in [2.24, 2.45) is 56.7 Å². The summed E-state index contributed by atoms with van der Waals surface area (Å²) in [4.78, 5) is 25.7. The van der Waals surface area contributed by atoms with Gasteiger partial charge in [0.15, 0.2) is 11.5 Å². The molecule has 0 amide bonds. The fraction of sp³-hybridized carbons (Fsp3) is 0.692. The molecule has 0 heterocycles. The predicted molar refractivity (Wildman–Crippen MR) is 174 cm³/mol. The monoisotopic (exact) mass is 602 g/mol. The molecular formula is C39H54O5. The van der Waals surface area contributed by atoms with Crippen molar-refractivity contribution in [3.05, 3.63) is 42.0 Å². The van der Waals surface area contributed by atoms with Crippen molar-refractivity contribution < 1.29 is 24.5 Å². The molecule has 10 unspecified atom stereocenters. The van der Waals surface area contributed by atoms with Crippen LogP contribution in [-0.2, 0) is 14.3 Å². The second-order valence-corrected chi connectivity index (χ2v) is 16.9. The first-order valence-electron chi connectivity index (χ1n) is 17.2. The Balaban J connectivity index is 1.23. The first kappa shape index (κ1) is 31.4. The number of fused-ring (bicyclic) bond motifs is 7. The van der Waals surface area contributed by atoms with Crippen LogP contribution in [-0.4, -0.2) is 28.6 Å². The minimum Gasteiger partial charge on any atom is -0.504 e. The minimum absolute atomic E-state index is 0.151. The quantitative estimate of drug-likeness (QED) is 0.116. The van der Waals surface area contributed by atoms with E-state index in [9.17, 15) is 19.8 Å². The SMILES string of the molecule is C=C(C)C1CCC2(C=O)CCC3(C)C(CCC4C5(C)CCC(OC(=O)C=Cc6ccc(O)c(O)c6)C(C)(C)C5CCC43C)C12. The molecule has 5 heteroatoms. The molecule has 5 aliphatic carbocycles. The smallest absolute Gasteiger partial charge is 0.331 e. The second kappa shape index (κ2) is 10.5. The van der Waals surface area contributed by atoms with Gasteiger partial charge in [0.2, 0.25) is 0 Å². The van der Waals surface area contributed by atoms with E-state index in [1.54, 1.807) is 12.1 Å². The van der Waals surface area contributed by atoms with Gasteiger partial charge in [-0.05, 0) is 141 Å². The van der Waals surface area contributed by atoms with Crippen LogP contribution in [0, 0.1) is 56.7 Å². The third-order valence-electron chi connectivity index (χ3n) is 15.0. The number of hydrogen-bond donors (Lipinski definition) is 2. The van der Waals surface area contributed by atoms with Crippen LogP contribution < -0.4 is 0 Å². The van der Waals surface area contributed by atoms with Crippen molar-refractivity contribution in [3.8, 4) is 11.5 Å². The molecule has 1 aromatic carbocycles. The Morgan fingerprint density at radius 1 is 0.886 bits per heavy atom. The Hall–Kier alpha value is -2.56. The van der Waals surface area contributed by atoms with E-state index in [1.165, 1.54) is 49.3 Å². The zero-order valence-corrected chi connectivity index (χ0v) is 27.8. The number of carbonyl (C=O) groups excluding carboxylic acids is 2. The number of hydrogen-bond acceptors (Lipinski definition) is 5. The molecule has 0 aliphatic heterocycles. The Bertz CT molecular complexity index is 1380. The summed E-state index contributed by atoms with van der Waals surface area (Å²) in [5.74, 6) is 1.79. The fourth-order valence-corrected chi connectivity index (χ4v) is 12.6. The number of aromatic hydroxyl groups is 2. The van der Waals surface area contributed by atoms with Crippen LogP contribution in [0.5, 0.6) is 11.5 Å². The number of allylic oxidation sites excluding steroid dienone is 1. The van der Waals surface area contributed by atoms with E-state index >= 15 is 0 Å². The van der Waals surface area contributed by atoms with E-state index in [-0.39, 0.29) is 50.6 Å². The van der Waals surface area contributed by atoms with Gasteiger partial charge in [0.05, 0.1) is 0 Å². The highest BCUT2D eigenvalue weighted by atomic mass is 16.5. The first-order chi connectivity index (χ1) is 20.6. The van der Waals surface area contributed by atoms with Gasteiger partial charge in [-0.2, -0.15) is 0 Å². The summed E-state index contributed by atoms with van der Waals surface area (Å²) in [6.45, 7) is 19.0. The highest BCUT2D eigenvalue weighted by molar-refractivity contribution is 5.87. The number of carbonyl (C=O) groups is 2. The molecule has 0 spiro atoms. The molecule has 10 atom stereocenters. The number of phenols is 2. The lowest BCUT2D eigenvalue weighted by atomic mass is 9.32. The van der Waals surface area contributed by atoms with Crippen molar-refractivity contribution in [1.82, 2.24) is 0 Å². The van der Waals surface area contributed by atoms with Crippen molar-refractivity contribution in [1.29, 1.82) is 0 Å². The molecule has 5 aliphatic rings.